The zero-order valence-electron chi connectivity index (χ0n) is 11.4. The van der Waals surface area contributed by atoms with Crippen LogP contribution in [0.1, 0.15) is 24.3 Å². The molecule has 1 aliphatic rings. The van der Waals surface area contributed by atoms with E-state index in [0.717, 1.165) is 38.4 Å². The van der Waals surface area contributed by atoms with Gasteiger partial charge in [0.15, 0.2) is 5.89 Å². The second-order valence-corrected chi connectivity index (χ2v) is 4.73. The van der Waals surface area contributed by atoms with Gasteiger partial charge in [0.2, 0.25) is 5.91 Å². The highest BCUT2D eigenvalue weighted by Gasteiger charge is 2.22. The maximum atomic E-state index is 12.1. The summed E-state index contributed by atoms with van der Waals surface area (Å²) in [5, 5.41) is 0. The maximum Gasteiger partial charge on any atom is 0.230 e. The zero-order valence-corrected chi connectivity index (χ0v) is 11.4. The quantitative estimate of drug-likeness (QED) is 0.804. The fourth-order valence-corrected chi connectivity index (χ4v) is 2.30. The Morgan fingerprint density at radius 2 is 1.94 bits per heavy atom. The summed E-state index contributed by atoms with van der Waals surface area (Å²) in [7, 11) is 0. The number of piperazine rings is 1. The highest BCUT2D eigenvalue weighted by atomic mass is 16.4. The van der Waals surface area contributed by atoms with E-state index in [0.29, 0.717) is 18.1 Å². The molecule has 0 atom stereocenters. The first kappa shape index (κ1) is 13.1. The van der Waals surface area contributed by atoms with Gasteiger partial charge in [0, 0.05) is 33.1 Å². The van der Waals surface area contributed by atoms with E-state index in [1.165, 1.54) is 0 Å². The molecule has 1 aliphatic heterocycles. The van der Waals surface area contributed by atoms with Crippen LogP contribution in [0.25, 0.3) is 0 Å². The Bertz CT molecular complexity index is 420. The third kappa shape index (κ3) is 2.90. The first-order valence-corrected chi connectivity index (χ1v) is 6.53. The number of hydrogen-bond donors (Lipinski definition) is 0. The molecule has 0 radical (unpaired) electrons. The number of carbonyl (C=O) groups excluding carboxylic acids is 1. The van der Waals surface area contributed by atoms with Gasteiger partial charge in [-0.3, -0.25) is 4.79 Å². The van der Waals surface area contributed by atoms with E-state index in [1.807, 2.05) is 11.8 Å². The van der Waals surface area contributed by atoms with Crippen LogP contribution in [0.5, 0.6) is 0 Å². The third-order valence-electron chi connectivity index (χ3n) is 3.48. The van der Waals surface area contributed by atoms with E-state index >= 15 is 0 Å². The van der Waals surface area contributed by atoms with Crippen LogP contribution in [-0.2, 0) is 11.2 Å². The molecular formula is C13H21N3O2. The number of oxazole rings is 1. The van der Waals surface area contributed by atoms with Crippen molar-refractivity contribution in [1.29, 1.82) is 0 Å². The normalized spacial score (nSPS) is 17.2. The summed E-state index contributed by atoms with van der Waals surface area (Å²) < 4.78 is 5.45. The second-order valence-electron chi connectivity index (χ2n) is 4.73. The molecule has 0 aliphatic carbocycles. The Morgan fingerprint density at radius 1 is 1.28 bits per heavy atom. The molecule has 0 unspecified atom stereocenters. The summed E-state index contributed by atoms with van der Waals surface area (Å²) >= 11 is 0. The van der Waals surface area contributed by atoms with Crippen LogP contribution in [0.4, 0.5) is 0 Å². The number of nitrogens with zero attached hydrogens (tertiary/aromatic N) is 3. The summed E-state index contributed by atoms with van der Waals surface area (Å²) in [6.45, 7) is 10.5. The Balaban J connectivity index is 1.91. The summed E-state index contributed by atoms with van der Waals surface area (Å²) in [6.07, 6.45) is 0.332. The van der Waals surface area contributed by atoms with Gasteiger partial charge in [0.05, 0.1) is 12.1 Å². The van der Waals surface area contributed by atoms with E-state index in [2.05, 4.69) is 16.8 Å². The predicted molar refractivity (Wildman–Crippen MR) is 68.4 cm³/mol. The van der Waals surface area contributed by atoms with Crippen LogP contribution in [0.2, 0.25) is 0 Å². The second kappa shape index (κ2) is 5.52. The lowest BCUT2D eigenvalue weighted by Gasteiger charge is -2.33. The Kier molecular flexibility index (Phi) is 4.01. The van der Waals surface area contributed by atoms with Gasteiger partial charge in [0.1, 0.15) is 5.76 Å². The van der Waals surface area contributed by atoms with Crippen LogP contribution < -0.4 is 0 Å². The molecule has 5 heteroatoms. The van der Waals surface area contributed by atoms with Gasteiger partial charge in [0.25, 0.3) is 0 Å². The van der Waals surface area contributed by atoms with Gasteiger partial charge >= 0.3 is 0 Å². The molecule has 5 nitrogen and oxygen atoms in total. The number of hydrogen-bond acceptors (Lipinski definition) is 4. The molecule has 1 amide bonds. The number of carbonyl (C=O) groups is 1. The van der Waals surface area contributed by atoms with Crippen molar-refractivity contribution in [2.45, 2.75) is 27.2 Å². The van der Waals surface area contributed by atoms with Gasteiger partial charge in [-0.1, -0.05) is 6.92 Å². The summed E-state index contributed by atoms with van der Waals surface area (Å²) in [4.78, 5) is 20.6. The molecule has 18 heavy (non-hydrogen) atoms. The lowest BCUT2D eigenvalue weighted by atomic mass is 10.2. The molecule has 1 aromatic rings. The Labute approximate surface area is 108 Å². The third-order valence-corrected chi connectivity index (χ3v) is 3.48. The Hall–Kier alpha value is -1.36. The highest BCUT2D eigenvalue weighted by Crippen LogP contribution is 2.12. The van der Waals surface area contributed by atoms with Crippen LogP contribution >= 0.6 is 0 Å². The molecule has 0 saturated carbocycles. The topological polar surface area (TPSA) is 49.6 Å². The van der Waals surface area contributed by atoms with Crippen LogP contribution in [0.3, 0.4) is 0 Å². The summed E-state index contributed by atoms with van der Waals surface area (Å²) in [5.41, 5.74) is 0.827. The summed E-state index contributed by atoms with van der Waals surface area (Å²) in [6, 6.07) is 0. The van der Waals surface area contributed by atoms with Crippen molar-refractivity contribution in [1.82, 2.24) is 14.8 Å². The van der Waals surface area contributed by atoms with Gasteiger partial charge in [-0.15, -0.1) is 0 Å². The number of aromatic nitrogens is 1. The molecule has 100 valence electrons. The van der Waals surface area contributed by atoms with E-state index in [9.17, 15) is 4.79 Å². The number of likely N-dealkylation sites (N-methyl/N-ethyl adjacent to an activating group) is 1. The van der Waals surface area contributed by atoms with Crippen LogP contribution in [-0.4, -0.2) is 53.4 Å². The van der Waals surface area contributed by atoms with E-state index in [-0.39, 0.29) is 5.91 Å². The molecule has 1 saturated heterocycles. The minimum atomic E-state index is 0.144. The van der Waals surface area contributed by atoms with Crippen molar-refractivity contribution in [3.63, 3.8) is 0 Å². The lowest BCUT2D eigenvalue weighted by molar-refractivity contribution is -0.132. The highest BCUT2D eigenvalue weighted by molar-refractivity contribution is 5.78. The van der Waals surface area contributed by atoms with Crippen molar-refractivity contribution in [3.05, 3.63) is 17.3 Å². The lowest BCUT2D eigenvalue weighted by Crippen LogP contribution is -2.48. The average Bonchev–Trinajstić information content (AvgIpc) is 2.68. The van der Waals surface area contributed by atoms with Gasteiger partial charge in [-0.2, -0.15) is 0 Å². The fourth-order valence-electron chi connectivity index (χ4n) is 2.30. The van der Waals surface area contributed by atoms with Gasteiger partial charge in [-0.05, 0) is 13.5 Å². The van der Waals surface area contributed by atoms with Crippen molar-refractivity contribution >= 4 is 5.91 Å². The average molecular weight is 251 g/mol. The molecule has 1 fully saturated rings. The first-order chi connectivity index (χ1) is 8.60. The van der Waals surface area contributed by atoms with Crippen LogP contribution in [0, 0.1) is 13.8 Å². The molecule has 1 aromatic heterocycles. The van der Waals surface area contributed by atoms with E-state index in [1.54, 1.807) is 6.92 Å². The number of amides is 1. The number of aryl methyl sites for hydroxylation is 2. The minimum Gasteiger partial charge on any atom is -0.445 e. The fraction of sp³-hybridized carbons (Fsp3) is 0.692. The Morgan fingerprint density at radius 3 is 2.44 bits per heavy atom. The zero-order chi connectivity index (χ0) is 13.1. The first-order valence-electron chi connectivity index (χ1n) is 6.53. The van der Waals surface area contributed by atoms with Gasteiger partial charge in [-0.25, -0.2) is 4.98 Å². The molecule has 0 bridgehead atoms. The minimum absolute atomic E-state index is 0.144. The number of rotatable bonds is 3. The molecular weight excluding hydrogens is 230 g/mol. The van der Waals surface area contributed by atoms with Gasteiger partial charge < -0.3 is 14.2 Å². The van der Waals surface area contributed by atoms with E-state index < -0.39 is 0 Å². The molecule has 0 aromatic carbocycles. The monoisotopic (exact) mass is 251 g/mol. The van der Waals surface area contributed by atoms with Crippen LogP contribution in [0.15, 0.2) is 4.42 Å². The molecule has 0 spiro atoms. The predicted octanol–water partition coefficient (Wildman–Crippen LogP) is 0.998. The van der Waals surface area contributed by atoms with Crippen molar-refractivity contribution in [3.8, 4) is 0 Å². The maximum absolute atomic E-state index is 12.1. The molecule has 2 heterocycles. The SMILES string of the molecule is CCN1CCN(C(=O)Cc2oc(C)nc2C)CC1. The smallest absolute Gasteiger partial charge is 0.230 e. The largest absolute Gasteiger partial charge is 0.445 e. The molecule has 2 rings (SSSR count). The summed E-state index contributed by atoms with van der Waals surface area (Å²) in [5.74, 6) is 1.48. The van der Waals surface area contributed by atoms with E-state index in [4.69, 9.17) is 4.42 Å². The van der Waals surface area contributed by atoms with Crippen molar-refractivity contribution in [2.24, 2.45) is 0 Å². The van der Waals surface area contributed by atoms with Crippen molar-refractivity contribution < 1.29 is 9.21 Å². The van der Waals surface area contributed by atoms with Crippen molar-refractivity contribution in [2.75, 3.05) is 32.7 Å². The molecule has 0 N–H and O–H groups in total. The standard InChI is InChI=1S/C13H21N3O2/c1-4-15-5-7-16(8-6-15)13(17)9-12-10(2)14-11(3)18-12/h4-9H2,1-3H3.